The van der Waals surface area contributed by atoms with E-state index < -0.39 is 0 Å². The SMILES string of the molecule is CC(=O)N(Cc1cncnc1)[C@@H]1CCCN(C(=O)c2cscc2C)CC1. The van der Waals surface area contributed by atoms with Gasteiger partial charge in [0.1, 0.15) is 6.33 Å². The number of nitrogens with zero attached hydrogens (tertiary/aromatic N) is 4. The van der Waals surface area contributed by atoms with E-state index in [0.717, 1.165) is 42.5 Å². The molecule has 138 valence electrons. The van der Waals surface area contributed by atoms with Gasteiger partial charge in [0.05, 0.1) is 5.56 Å². The van der Waals surface area contributed by atoms with Crippen LogP contribution in [-0.4, -0.2) is 50.7 Å². The van der Waals surface area contributed by atoms with E-state index in [-0.39, 0.29) is 17.9 Å². The fourth-order valence-electron chi connectivity index (χ4n) is 3.45. The Morgan fingerprint density at radius 2 is 2.00 bits per heavy atom. The highest BCUT2D eigenvalue weighted by molar-refractivity contribution is 7.08. The molecule has 2 aromatic rings. The van der Waals surface area contributed by atoms with Gasteiger partial charge in [-0.1, -0.05) is 0 Å². The van der Waals surface area contributed by atoms with Crippen molar-refractivity contribution in [3.63, 3.8) is 0 Å². The number of hydrogen-bond acceptors (Lipinski definition) is 5. The molecule has 0 saturated carbocycles. The van der Waals surface area contributed by atoms with Gasteiger partial charge in [-0.05, 0) is 37.1 Å². The molecule has 1 atom stereocenters. The van der Waals surface area contributed by atoms with Gasteiger partial charge in [0.15, 0.2) is 0 Å². The summed E-state index contributed by atoms with van der Waals surface area (Å²) in [6.45, 7) is 5.51. The van der Waals surface area contributed by atoms with Crippen LogP contribution < -0.4 is 0 Å². The lowest BCUT2D eigenvalue weighted by Gasteiger charge is -2.30. The van der Waals surface area contributed by atoms with Gasteiger partial charge in [-0.25, -0.2) is 9.97 Å². The van der Waals surface area contributed by atoms with E-state index in [1.165, 1.54) is 6.33 Å². The van der Waals surface area contributed by atoms with Crippen LogP contribution in [0, 0.1) is 6.92 Å². The summed E-state index contributed by atoms with van der Waals surface area (Å²) in [6, 6.07) is 0.133. The molecule has 2 amide bonds. The Bertz CT molecular complexity index is 762. The Kier molecular flexibility index (Phi) is 5.98. The van der Waals surface area contributed by atoms with E-state index in [1.54, 1.807) is 30.7 Å². The second kappa shape index (κ2) is 8.40. The normalized spacial score (nSPS) is 17.6. The highest BCUT2D eigenvalue weighted by atomic mass is 32.1. The molecule has 0 N–H and O–H groups in total. The van der Waals surface area contributed by atoms with E-state index in [9.17, 15) is 9.59 Å². The van der Waals surface area contributed by atoms with Crippen LogP contribution in [0.4, 0.5) is 0 Å². The number of carbonyl (C=O) groups excluding carboxylic acids is 2. The van der Waals surface area contributed by atoms with Crippen molar-refractivity contribution in [3.8, 4) is 0 Å². The molecule has 2 aromatic heterocycles. The largest absolute Gasteiger partial charge is 0.339 e. The zero-order chi connectivity index (χ0) is 18.5. The zero-order valence-electron chi connectivity index (χ0n) is 15.2. The maximum atomic E-state index is 12.8. The van der Waals surface area contributed by atoms with Gasteiger partial charge in [-0.2, -0.15) is 11.3 Å². The molecule has 1 fully saturated rings. The molecular weight excluding hydrogens is 348 g/mol. The van der Waals surface area contributed by atoms with Gasteiger partial charge in [0, 0.05) is 55.9 Å². The second-order valence-electron chi connectivity index (χ2n) is 6.74. The lowest BCUT2D eigenvalue weighted by molar-refractivity contribution is -0.132. The minimum Gasteiger partial charge on any atom is -0.339 e. The fourth-order valence-corrected chi connectivity index (χ4v) is 4.27. The molecule has 0 radical (unpaired) electrons. The van der Waals surface area contributed by atoms with E-state index in [2.05, 4.69) is 9.97 Å². The molecule has 3 heterocycles. The van der Waals surface area contributed by atoms with Crippen LogP contribution in [-0.2, 0) is 11.3 Å². The summed E-state index contributed by atoms with van der Waals surface area (Å²) in [4.78, 5) is 36.9. The number of carbonyl (C=O) groups is 2. The molecule has 6 nitrogen and oxygen atoms in total. The summed E-state index contributed by atoms with van der Waals surface area (Å²) >= 11 is 1.56. The first-order chi connectivity index (χ1) is 12.6. The summed E-state index contributed by atoms with van der Waals surface area (Å²) in [5.74, 6) is 0.155. The quantitative estimate of drug-likeness (QED) is 0.828. The fraction of sp³-hybridized carbons (Fsp3) is 0.474. The van der Waals surface area contributed by atoms with Gasteiger partial charge in [0.2, 0.25) is 5.91 Å². The van der Waals surface area contributed by atoms with Crippen molar-refractivity contribution in [1.82, 2.24) is 19.8 Å². The predicted molar refractivity (Wildman–Crippen MR) is 101 cm³/mol. The maximum Gasteiger partial charge on any atom is 0.254 e. The summed E-state index contributed by atoms with van der Waals surface area (Å²) in [5.41, 5.74) is 2.77. The Labute approximate surface area is 157 Å². The lowest BCUT2D eigenvalue weighted by Crippen LogP contribution is -2.39. The molecule has 0 bridgehead atoms. The van der Waals surface area contributed by atoms with Gasteiger partial charge in [0.25, 0.3) is 5.91 Å². The van der Waals surface area contributed by atoms with Gasteiger partial charge >= 0.3 is 0 Å². The number of amides is 2. The summed E-state index contributed by atoms with van der Waals surface area (Å²) in [7, 11) is 0. The van der Waals surface area contributed by atoms with Crippen molar-refractivity contribution in [2.24, 2.45) is 0 Å². The Morgan fingerprint density at radius 1 is 1.23 bits per heavy atom. The number of likely N-dealkylation sites (tertiary alicyclic amines) is 1. The van der Waals surface area contributed by atoms with Crippen LogP contribution in [0.1, 0.15) is 47.7 Å². The lowest BCUT2D eigenvalue weighted by atomic mass is 10.1. The third-order valence-electron chi connectivity index (χ3n) is 4.88. The highest BCUT2D eigenvalue weighted by Crippen LogP contribution is 2.22. The maximum absolute atomic E-state index is 12.8. The Morgan fingerprint density at radius 3 is 2.65 bits per heavy atom. The topological polar surface area (TPSA) is 66.4 Å². The first kappa shape index (κ1) is 18.5. The average Bonchev–Trinajstić information content (AvgIpc) is 2.92. The van der Waals surface area contributed by atoms with Crippen molar-refractivity contribution in [1.29, 1.82) is 0 Å². The first-order valence-electron chi connectivity index (χ1n) is 8.89. The number of hydrogen-bond donors (Lipinski definition) is 0. The molecule has 3 rings (SSSR count). The van der Waals surface area contributed by atoms with Crippen LogP contribution in [0.25, 0.3) is 0 Å². The summed E-state index contributed by atoms with van der Waals surface area (Å²) in [5, 5.41) is 3.94. The van der Waals surface area contributed by atoms with Crippen molar-refractivity contribution in [2.75, 3.05) is 13.1 Å². The monoisotopic (exact) mass is 372 g/mol. The molecule has 1 aliphatic rings. The molecule has 0 aliphatic carbocycles. The van der Waals surface area contributed by atoms with Gasteiger partial charge in [-0.15, -0.1) is 0 Å². The van der Waals surface area contributed by atoms with Crippen LogP contribution in [0.15, 0.2) is 29.5 Å². The van der Waals surface area contributed by atoms with Crippen molar-refractivity contribution >= 4 is 23.2 Å². The van der Waals surface area contributed by atoms with Crippen molar-refractivity contribution < 1.29 is 9.59 Å². The van der Waals surface area contributed by atoms with E-state index in [1.807, 2.05) is 27.5 Å². The average molecular weight is 372 g/mol. The molecule has 0 unspecified atom stereocenters. The van der Waals surface area contributed by atoms with Gasteiger partial charge in [-0.3, -0.25) is 9.59 Å². The molecule has 1 aliphatic heterocycles. The molecule has 26 heavy (non-hydrogen) atoms. The van der Waals surface area contributed by atoms with E-state index >= 15 is 0 Å². The van der Waals surface area contributed by atoms with Crippen LogP contribution >= 0.6 is 11.3 Å². The van der Waals surface area contributed by atoms with Crippen molar-refractivity contribution in [2.45, 2.75) is 45.7 Å². The minimum absolute atomic E-state index is 0.0484. The Balaban J connectivity index is 1.67. The second-order valence-corrected chi connectivity index (χ2v) is 7.48. The number of thiophene rings is 1. The standard InChI is InChI=1S/C19H24N4O2S/c1-14-11-26-12-18(14)19(25)22-6-3-4-17(5-7-22)23(15(2)24)10-16-8-20-13-21-9-16/h8-9,11-13,17H,3-7,10H2,1-2H3/t17-/m1/s1. The molecule has 7 heteroatoms. The van der Waals surface area contributed by atoms with Crippen molar-refractivity contribution in [3.05, 3.63) is 46.2 Å². The third kappa shape index (κ3) is 4.27. The zero-order valence-corrected chi connectivity index (χ0v) is 16.0. The molecule has 1 saturated heterocycles. The molecular formula is C19H24N4O2S. The van der Waals surface area contributed by atoms with Crippen LogP contribution in [0.2, 0.25) is 0 Å². The molecule has 0 spiro atoms. The summed E-state index contributed by atoms with van der Waals surface area (Å²) in [6.07, 6.45) is 7.57. The summed E-state index contributed by atoms with van der Waals surface area (Å²) < 4.78 is 0. The molecule has 0 aromatic carbocycles. The van der Waals surface area contributed by atoms with E-state index in [0.29, 0.717) is 13.1 Å². The van der Waals surface area contributed by atoms with E-state index in [4.69, 9.17) is 0 Å². The third-order valence-corrected chi connectivity index (χ3v) is 5.74. The Hall–Kier alpha value is -2.28. The first-order valence-corrected chi connectivity index (χ1v) is 9.83. The number of aryl methyl sites for hydroxylation is 1. The smallest absolute Gasteiger partial charge is 0.254 e. The highest BCUT2D eigenvalue weighted by Gasteiger charge is 2.27. The predicted octanol–water partition coefficient (Wildman–Crippen LogP) is 2.89. The number of aromatic nitrogens is 2. The van der Waals surface area contributed by atoms with Crippen LogP contribution in [0.5, 0.6) is 0 Å². The number of rotatable bonds is 4. The van der Waals surface area contributed by atoms with Gasteiger partial charge < -0.3 is 9.80 Å². The minimum atomic E-state index is 0.0484. The van der Waals surface area contributed by atoms with Crippen LogP contribution in [0.3, 0.4) is 0 Å².